The molecule has 1 aromatic carbocycles. The third-order valence-corrected chi connectivity index (χ3v) is 2.32. The summed E-state index contributed by atoms with van der Waals surface area (Å²) in [5.41, 5.74) is 0.727. The lowest BCUT2D eigenvalue weighted by molar-refractivity contribution is 0.445. The maximum absolute atomic E-state index is 9.47. The van der Waals surface area contributed by atoms with Crippen LogP contribution in [0.2, 0.25) is 0 Å². The predicted octanol–water partition coefficient (Wildman–Crippen LogP) is 1.99. The van der Waals surface area contributed by atoms with Crippen LogP contribution in [0.15, 0.2) is 18.2 Å². The van der Waals surface area contributed by atoms with Gasteiger partial charge in [-0.05, 0) is 31.5 Å². The smallest absolute Gasteiger partial charge is 0.120 e. The minimum Gasteiger partial charge on any atom is -0.508 e. The van der Waals surface area contributed by atoms with E-state index in [-0.39, 0.29) is 11.5 Å². The van der Waals surface area contributed by atoms with Gasteiger partial charge in [-0.15, -0.1) is 0 Å². The van der Waals surface area contributed by atoms with Crippen LogP contribution < -0.4 is 5.32 Å². The SMILES string of the molecule is CC[C@@H](C)NCc1cc(O)ccc1O. The molecular formula is C11H17NO2. The van der Waals surface area contributed by atoms with E-state index >= 15 is 0 Å². The van der Waals surface area contributed by atoms with Crippen LogP contribution in [0.5, 0.6) is 11.5 Å². The molecule has 0 amide bonds. The van der Waals surface area contributed by atoms with E-state index in [4.69, 9.17) is 0 Å². The fraction of sp³-hybridized carbons (Fsp3) is 0.455. The van der Waals surface area contributed by atoms with Gasteiger partial charge in [0, 0.05) is 18.2 Å². The van der Waals surface area contributed by atoms with E-state index in [2.05, 4.69) is 19.2 Å². The van der Waals surface area contributed by atoms with Gasteiger partial charge in [0.25, 0.3) is 0 Å². The summed E-state index contributed by atoms with van der Waals surface area (Å²) in [6.45, 7) is 4.76. The van der Waals surface area contributed by atoms with Crippen molar-refractivity contribution >= 4 is 0 Å². The molecule has 1 atom stereocenters. The van der Waals surface area contributed by atoms with Crippen molar-refractivity contribution in [1.29, 1.82) is 0 Å². The van der Waals surface area contributed by atoms with Crippen LogP contribution in [0, 0.1) is 0 Å². The first-order chi connectivity index (χ1) is 6.63. The van der Waals surface area contributed by atoms with E-state index in [1.165, 1.54) is 12.1 Å². The van der Waals surface area contributed by atoms with E-state index in [9.17, 15) is 10.2 Å². The number of rotatable bonds is 4. The highest BCUT2D eigenvalue weighted by atomic mass is 16.3. The zero-order valence-corrected chi connectivity index (χ0v) is 8.62. The lowest BCUT2D eigenvalue weighted by Crippen LogP contribution is -2.24. The molecule has 0 saturated heterocycles. The molecule has 0 aliphatic heterocycles. The minimum atomic E-state index is 0.184. The first kappa shape index (κ1) is 10.9. The molecule has 0 unspecified atom stereocenters. The highest BCUT2D eigenvalue weighted by molar-refractivity contribution is 5.38. The number of hydrogen-bond donors (Lipinski definition) is 3. The molecular weight excluding hydrogens is 178 g/mol. The topological polar surface area (TPSA) is 52.5 Å². The van der Waals surface area contributed by atoms with E-state index < -0.39 is 0 Å². The van der Waals surface area contributed by atoms with Crippen molar-refractivity contribution in [1.82, 2.24) is 5.32 Å². The average molecular weight is 195 g/mol. The Morgan fingerprint density at radius 3 is 2.71 bits per heavy atom. The quantitative estimate of drug-likeness (QED) is 0.644. The number of phenols is 2. The second-order valence-electron chi connectivity index (χ2n) is 3.50. The Bertz CT molecular complexity index is 299. The monoisotopic (exact) mass is 195 g/mol. The van der Waals surface area contributed by atoms with Crippen LogP contribution in [0.3, 0.4) is 0 Å². The Morgan fingerprint density at radius 2 is 2.07 bits per heavy atom. The normalized spacial score (nSPS) is 12.7. The number of aromatic hydroxyl groups is 2. The second-order valence-corrected chi connectivity index (χ2v) is 3.50. The third-order valence-electron chi connectivity index (χ3n) is 2.32. The molecule has 3 N–H and O–H groups in total. The van der Waals surface area contributed by atoms with Gasteiger partial charge in [0.05, 0.1) is 0 Å². The van der Waals surface area contributed by atoms with Crippen molar-refractivity contribution in [2.24, 2.45) is 0 Å². The molecule has 0 fully saturated rings. The van der Waals surface area contributed by atoms with Gasteiger partial charge in [0.2, 0.25) is 0 Å². The standard InChI is InChI=1S/C11H17NO2/c1-3-8(2)12-7-9-6-10(13)4-5-11(9)14/h4-6,8,12-14H,3,7H2,1-2H3/t8-/m1/s1. The molecule has 0 radical (unpaired) electrons. The van der Waals surface area contributed by atoms with Crippen LogP contribution in [0.4, 0.5) is 0 Å². The summed E-state index contributed by atoms with van der Waals surface area (Å²) in [5.74, 6) is 0.405. The highest BCUT2D eigenvalue weighted by Gasteiger charge is 2.03. The molecule has 0 aliphatic rings. The number of benzene rings is 1. The molecule has 0 saturated carbocycles. The average Bonchev–Trinajstić information content (AvgIpc) is 2.19. The van der Waals surface area contributed by atoms with Crippen LogP contribution in [-0.4, -0.2) is 16.3 Å². The van der Waals surface area contributed by atoms with Gasteiger partial charge >= 0.3 is 0 Å². The summed E-state index contributed by atoms with van der Waals surface area (Å²) in [7, 11) is 0. The lowest BCUT2D eigenvalue weighted by atomic mass is 10.1. The van der Waals surface area contributed by atoms with Gasteiger partial charge in [-0.1, -0.05) is 6.92 Å². The molecule has 0 heterocycles. The number of phenolic OH excluding ortho intramolecular Hbond substituents is 2. The van der Waals surface area contributed by atoms with E-state index in [1.807, 2.05) is 0 Å². The molecule has 0 aliphatic carbocycles. The fourth-order valence-electron chi connectivity index (χ4n) is 1.14. The molecule has 0 bridgehead atoms. The van der Waals surface area contributed by atoms with E-state index in [1.54, 1.807) is 6.07 Å². The van der Waals surface area contributed by atoms with Gasteiger partial charge in [0.15, 0.2) is 0 Å². The molecule has 0 spiro atoms. The summed E-state index contributed by atoms with van der Waals surface area (Å²) in [6.07, 6.45) is 1.04. The summed E-state index contributed by atoms with van der Waals surface area (Å²) in [4.78, 5) is 0. The predicted molar refractivity (Wildman–Crippen MR) is 56.4 cm³/mol. The van der Waals surface area contributed by atoms with Crippen molar-refractivity contribution in [3.63, 3.8) is 0 Å². The van der Waals surface area contributed by atoms with Crippen molar-refractivity contribution in [3.05, 3.63) is 23.8 Å². The van der Waals surface area contributed by atoms with Crippen molar-refractivity contribution in [2.75, 3.05) is 0 Å². The van der Waals surface area contributed by atoms with Gasteiger partial charge < -0.3 is 15.5 Å². The number of hydrogen-bond acceptors (Lipinski definition) is 3. The Balaban J connectivity index is 2.62. The zero-order valence-electron chi connectivity index (χ0n) is 8.62. The Kier molecular flexibility index (Phi) is 3.77. The van der Waals surface area contributed by atoms with E-state index in [0.717, 1.165) is 12.0 Å². The molecule has 0 aromatic heterocycles. The van der Waals surface area contributed by atoms with Crippen molar-refractivity contribution < 1.29 is 10.2 Å². The van der Waals surface area contributed by atoms with Crippen LogP contribution >= 0.6 is 0 Å². The third kappa shape index (κ3) is 2.92. The highest BCUT2D eigenvalue weighted by Crippen LogP contribution is 2.21. The Hall–Kier alpha value is -1.22. The summed E-state index contributed by atoms with van der Waals surface area (Å²) in [6, 6.07) is 4.97. The van der Waals surface area contributed by atoms with E-state index in [0.29, 0.717) is 12.6 Å². The summed E-state index contributed by atoms with van der Waals surface area (Å²) < 4.78 is 0. The van der Waals surface area contributed by atoms with Crippen LogP contribution in [0.25, 0.3) is 0 Å². The van der Waals surface area contributed by atoms with Crippen molar-refractivity contribution in [2.45, 2.75) is 32.9 Å². The number of nitrogens with one attached hydrogen (secondary N) is 1. The largest absolute Gasteiger partial charge is 0.508 e. The molecule has 1 aromatic rings. The second kappa shape index (κ2) is 4.86. The Morgan fingerprint density at radius 1 is 1.36 bits per heavy atom. The minimum absolute atomic E-state index is 0.184. The first-order valence-corrected chi connectivity index (χ1v) is 4.87. The summed E-state index contributed by atoms with van der Waals surface area (Å²) in [5, 5.41) is 21.9. The van der Waals surface area contributed by atoms with Crippen LogP contribution in [-0.2, 0) is 6.54 Å². The van der Waals surface area contributed by atoms with Gasteiger partial charge in [-0.25, -0.2) is 0 Å². The van der Waals surface area contributed by atoms with Crippen LogP contribution in [0.1, 0.15) is 25.8 Å². The molecule has 14 heavy (non-hydrogen) atoms. The van der Waals surface area contributed by atoms with Crippen molar-refractivity contribution in [3.8, 4) is 11.5 Å². The molecule has 78 valence electrons. The maximum Gasteiger partial charge on any atom is 0.120 e. The molecule has 3 nitrogen and oxygen atoms in total. The van der Waals surface area contributed by atoms with Gasteiger partial charge in [0.1, 0.15) is 11.5 Å². The summed E-state index contributed by atoms with van der Waals surface area (Å²) >= 11 is 0. The van der Waals surface area contributed by atoms with Gasteiger partial charge in [-0.3, -0.25) is 0 Å². The molecule has 3 heteroatoms. The fourth-order valence-corrected chi connectivity index (χ4v) is 1.14. The lowest BCUT2D eigenvalue weighted by Gasteiger charge is -2.12. The molecule has 1 rings (SSSR count). The first-order valence-electron chi connectivity index (χ1n) is 4.87. The Labute approximate surface area is 84.4 Å². The van der Waals surface area contributed by atoms with Gasteiger partial charge in [-0.2, -0.15) is 0 Å². The maximum atomic E-state index is 9.47. The zero-order chi connectivity index (χ0) is 10.6.